The van der Waals surface area contributed by atoms with E-state index in [1.807, 2.05) is 30.3 Å². The van der Waals surface area contributed by atoms with Gasteiger partial charge in [-0.25, -0.2) is 0 Å². The smallest absolute Gasteiger partial charge is 0.287 e. The van der Waals surface area contributed by atoms with Gasteiger partial charge in [0, 0.05) is 12.1 Å². The van der Waals surface area contributed by atoms with Crippen molar-refractivity contribution in [3.8, 4) is 0 Å². The van der Waals surface area contributed by atoms with E-state index in [0.29, 0.717) is 17.4 Å². The molecule has 5 nitrogen and oxygen atoms in total. The summed E-state index contributed by atoms with van der Waals surface area (Å²) in [7, 11) is 0. The van der Waals surface area contributed by atoms with Gasteiger partial charge in [-0.05, 0) is 31.0 Å². The molecule has 0 saturated heterocycles. The van der Waals surface area contributed by atoms with Crippen LogP contribution in [0.25, 0.3) is 11.0 Å². The zero-order valence-corrected chi connectivity index (χ0v) is 13.8. The maximum Gasteiger partial charge on any atom is 0.287 e. The van der Waals surface area contributed by atoms with Crippen molar-refractivity contribution in [3.63, 3.8) is 0 Å². The third-order valence-corrected chi connectivity index (χ3v) is 4.00. The molecule has 2 N–H and O–H groups in total. The fourth-order valence-electron chi connectivity index (χ4n) is 2.72. The van der Waals surface area contributed by atoms with Crippen LogP contribution in [0.5, 0.6) is 0 Å². The average molecular weight is 337 g/mol. The first-order valence-electron chi connectivity index (χ1n) is 8.11. The minimum Gasteiger partial charge on any atom is -0.451 e. The molecule has 1 aromatic heterocycles. The van der Waals surface area contributed by atoms with Crippen molar-refractivity contribution in [2.75, 3.05) is 0 Å². The van der Waals surface area contributed by atoms with Crippen LogP contribution in [0.1, 0.15) is 35.6 Å². The SMILES string of the molecule is CC(CC(O)c1ccccc1)NC(=O)c1cc(=O)c2ccccc2o1. The van der Waals surface area contributed by atoms with Crippen LogP contribution in [0.15, 0.2) is 69.9 Å². The highest BCUT2D eigenvalue weighted by Gasteiger charge is 2.17. The number of rotatable bonds is 5. The summed E-state index contributed by atoms with van der Waals surface area (Å²) in [5, 5.41) is 13.4. The Bertz CT molecular complexity index is 933. The van der Waals surface area contributed by atoms with E-state index in [1.54, 1.807) is 31.2 Å². The van der Waals surface area contributed by atoms with Gasteiger partial charge in [0.05, 0.1) is 11.5 Å². The minimum absolute atomic E-state index is 0.0373. The summed E-state index contributed by atoms with van der Waals surface area (Å²) < 4.78 is 5.52. The van der Waals surface area contributed by atoms with Crippen LogP contribution in [-0.4, -0.2) is 17.1 Å². The van der Waals surface area contributed by atoms with Crippen molar-refractivity contribution >= 4 is 16.9 Å². The standard InChI is InChI=1S/C20H19NO4/c1-13(11-16(22)14-7-3-2-4-8-14)21-20(24)19-12-17(23)15-9-5-6-10-18(15)25-19/h2-10,12-13,16,22H,11H2,1H3,(H,21,24). The maximum atomic E-state index is 12.3. The molecule has 128 valence electrons. The van der Waals surface area contributed by atoms with Gasteiger partial charge in [0.1, 0.15) is 5.58 Å². The first-order valence-corrected chi connectivity index (χ1v) is 8.11. The lowest BCUT2D eigenvalue weighted by atomic mass is 10.0. The highest BCUT2D eigenvalue weighted by Crippen LogP contribution is 2.18. The number of hydrogen-bond donors (Lipinski definition) is 2. The van der Waals surface area contributed by atoms with Crippen LogP contribution < -0.4 is 10.7 Å². The lowest BCUT2D eigenvalue weighted by molar-refractivity contribution is 0.0890. The number of aliphatic hydroxyl groups excluding tert-OH is 1. The molecule has 1 heterocycles. The van der Waals surface area contributed by atoms with E-state index < -0.39 is 12.0 Å². The molecule has 0 aliphatic rings. The maximum absolute atomic E-state index is 12.3. The van der Waals surface area contributed by atoms with Gasteiger partial charge in [-0.3, -0.25) is 9.59 Å². The van der Waals surface area contributed by atoms with Gasteiger partial charge in [-0.1, -0.05) is 42.5 Å². The summed E-state index contributed by atoms with van der Waals surface area (Å²) in [6.07, 6.45) is -0.326. The van der Waals surface area contributed by atoms with Crippen LogP contribution in [0, 0.1) is 0 Å². The third-order valence-electron chi connectivity index (χ3n) is 4.00. The van der Waals surface area contributed by atoms with E-state index in [4.69, 9.17) is 4.42 Å². The van der Waals surface area contributed by atoms with Crippen LogP contribution >= 0.6 is 0 Å². The van der Waals surface area contributed by atoms with Crippen LogP contribution in [0.4, 0.5) is 0 Å². The molecular weight excluding hydrogens is 318 g/mol. The number of carbonyl (C=O) groups excluding carboxylic acids is 1. The molecule has 0 aliphatic carbocycles. The fraction of sp³-hybridized carbons (Fsp3) is 0.200. The largest absolute Gasteiger partial charge is 0.451 e. The monoisotopic (exact) mass is 337 g/mol. The summed E-state index contributed by atoms with van der Waals surface area (Å²) in [6.45, 7) is 1.79. The van der Waals surface area contributed by atoms with Crippen molar-refractivity contribution in [3.05, 3.63) is 82.2 Å². The van der Waals surface area contributed by atoms with E-state index in [0.717, 1.165) is 5.56 Å². The highest BCUT2D eigenvalue weighted by atomic mass is 16.3. The third kappa shape index (κ3) is 3.95. The van der Waals surface area contributed by atoms with Gasteiger partial charge in [0.25, 0.3) is 5.91 Å². The Morgan fingerprint density at radius 2 is 1.80 bits per heavy atom. The van der Waals surface area contributed by atoms with Gasteiger partial charge in [-0.2, -0.15) is 0 Å². The zero-order valence-electron chi connectivity index (χ0n) is 13.8. The number of amides is 1. The number of fused-ring (bicyclic) bond motifs is 1. The van der Waals surface area contributed by atoms with Crippen molar-refractivity contribution < 1.29 is 14.3 Å². The summed E-state index contributed by atoms with van der Waals surface area (Å²) in [5.74, 6) is -0.514. The van der Waals surface area contributed by atoms with Crippen molar-refractivity contribution in [2.45, 2.75) is 25.5 Å². The zero-order chi connectivity index (χ0) is 17.8. The fourth-order valence-corrected chi connectivity index (χ4v) is 2.72. The molecule has 3 aromatic rings. The first-order chi connectivity index (χ1) is 12.0. The molecule has 2 unspecified atom stereocenters. The van der Waals surface area contributed by atoms with E-state index in [2.05, 4.69) is 5.32 Å². The Balaban J connectivity index is 1.70. The average Bonchev–Trinajstić information content (AvgIpc) is 2.62. The van der Waals surface area contributed by atoms with Crippen molar-refractivity contribution in [1.29, 1.82) is 0 Å². The van der Waals surface area contributed by atoms with Gasteiger partial charge < -0.3 is 14.8 Å². The van der Waals surface area contributed by atoms with Gasteiger partial charge in [0.2, 0.25) is 0 Å². The van der Waals surface area contributed by atoms with Gasteiger partial charge >= 0.3 is 0 Å². The number of aliphatic hydroxyl groups is 1. The quantitative estimate of drug-likeness (QED) is 0.750. The normalized spacial score (nSPS) is 13.4. The molecule has 0 radical (unpaired) electrons. The molecule has 2 aromatic carbocycles. The molecule has 0 bridgehead atoms. The Labute approximate surface area is 144 Å². The van der Waals surface area contributed by atoms with Crippen LogP contribution in [-0.2, 0) is 0 Å². The molecule has 0 spiro atoms. The second-order valence-electron chi connectivity index (χ2n) is 6.01. The van der Waals surface area contributed by atoms with E-state index in [9.17, 15) is 14.7 Å². The minimum atomic E-state index is -0.680. The number of benzene rings is 2. The Morgan fingerprint density at radius 3 is 2.56 bits per heavy atom. The topological polar surface area (TPSA) is 79.5 Å². The summed E-state index contributed by atoms with van der Waals surface area (Å²) in [6, 6.07) is 16.9. The molecule has 0 saturated carbocycles. The molecule has 0 aliphatic heterocycles. The Hall–Kier alpha value is -2.92. The molecule has 0 fully saturated rings. The molecular formula is C20H19NO4. The summed E-state index contributed by atoms with van der Waals surface area (Å²) >= 11 is 0. The van der Waals surface area contributed by atoms with Crippen molar-refractivity contribution in [2.24, 2.45) is 0 Å². The number of para-hydroxylation sites is 1. The van der Waals surface area contributed by atoms with Gasteiger partial charge in [0.15, 0.2) is 11.2 Å². The molecule has 1 amide bonds. The Morgan fingerprint density at radius 1 is 1.12 bits per heavy atom. The summed E-state index contributed by atoms with van der Waals surface area (Å²) in [4.78, 5) is 24.4. The molecule has 3 rings (SSSR count). The molecule has 2 atom stereocenters. The Kier molecular flexibility index (Phi) is 4.95. The second kappa shape index (κ2) is 7.32. The van der Waals surface area contributed by atoms with Crippen molar-refractivity contribution in [1.82, 2.24) is 5.32 Å². The first kappa shape index (κ1) is 16.9. The second-order valence-corrected chi connectivity index (χ2v) is 6.01. The molecule has 25 heavy (non-hydrogen) atoms. The lowest BCUT2D eigenvalue weighted by Gasteiger charge is -2.18. The van der Waals surface area contributed by atoms with Crippen LogP contribution in [0.3, 0.4) is 0 Å². The number of carbonyl (C=O) groups is 1. The van der Waals surface area contributed by atoms with Crippen LogP contribution in [0.2, 0.25) is 0 Å². The van der Waals surface area contributed by atoms with Gasteiger partial charge in [-0.15, -0.1) is 0 Å². The molecule has 5 heteroatoms. The van der Waals surface area contributed by atoms with E-state index in [-0.39, 0.29) is 17.2 Å². The number of nitrogens with one attached hydrogen (secondary N) is 1. The highest BCUT2D eigenvalue weighted by molar-refractivity contribution is 5.93. The number of hydrogen-bond acceptors (Lipinski definition) is 4. The lowest BCUT2D eigenvalue weighted by Crippen LogP contribution is -2.34. The van der Waals surface area contributed by atoms with E-state index in [1.165, 1.54) is 6.07 Å². The predicted octanol–water partition coefficient (Wildman–Crippen LogP) is 3.04. The summed E-state index contributed by atoms with van der Waals surface area (Å²) in [5.41, 5.74) is 0.905. The van der Waals surface area contributed by atoms with E-state index >= 15 is 0 Å². The predicted molar refractivity (Wildman–Crippen MR) is 95.4 cm³/mol.